The van der Waals surface area contributed by atoms with E-state index in [9.17, 15) is 4.79 Å². The molecule has 1 aromatic carbocycles. The maximum Gasteiger partial charge on any atom is 0.411 e. The SMILES string of the molecule is C#CC(OC(=O)N(C)CC)c1ccc2c(c1)CCCC2N. The molecule has 112 valence electrons. The maximum absolute atomic E-state index is 11.8. The van der Waals surface area contributed by atoms with E-state index in [1.54, 1.807) is 7.05 Å². The molecule has 0 aromatic heterocycles. The third-order valence-corrected chi connectivity index (χ3v) is 3.99. The molecule has 0 saturated carbocycles. The van der Waals surface area contributed by atoms with Crippen molar-refractivity contribution in [3.63, 3.8) is 0 Å². The van der Waals surface area contributed by atoms with Crippen LogP contribution in [0.3, 0.4) is 0 Å². The number of hydrogen-bond donors (Lipinski definition) is 1. The van der Waals surface area contributed by atoms with Crippen molar-refractivity contribution in [2.24, 2.45) is 5.73 Å². The van der Waals surface area contributed by atoms with E-state index in [0.717, 1.165) is 24.8 Å². The fourth-order valence-corrected chi connectivity index (χ4v) is 2.55. The molecule has 2 N–H and O–H groups in total. The van der Waals surface area contributed by atoms with Crippen molar-refractivity contribution in [2.45, 2.75) is 38.3 Å². The molecule has 0 fully saturated rings. The standard InChI is InChI=1S/C17H22N2O2/c1-4-16(21-17(20)19(3)5-2)13-9-10-14-12(11-13)7-6-8-15(14)18/h1,9-11,15-16H,5-8,18H2,2-3H3. The first-order chi connectivity index (χ1) is 10.1. The zero-order chi connectivity index (χ0) is 15.4. The van der Waals surface area contributed by atoms with Crippen LogP contribution in [-0.4, -0.2) is 24.6 Å². The van der Waals surface area contributed by atoms with Gasteiger partial charge in [0.25, 0.3) is 0 Å². The summed E-state index contributed by atoms with van der Waals surface area (Å²) < 4.78 is 5.38. The Morgan fingerprint density at radius 1 is 1.62 bits per heavy atom. The average Bonchev–Trinajstić information content (AvgIpc) is 2.51. The predicted octanol–water partition coefficient (Wildman–Crippen LogP) is 2.79. The Hall–Kier alpha value is -1.99. The third-order valence-electron chi connectivity index (χ3n) is 3.99. The van der Waals surface area contributed by atoms with E-state index in [0.29, 0.717) is 6.54 Å². The molecule has 0 heterocycles. The number of aryl methyl sites for hydroxylation is 1. The van der Waals surface area contributed by atoms with Crippen LogP contribution in [0.15, 0.2) is 18.2 Å². The highest BCUT2D eigenvalue weighted by Crippen LogP contribution is 2.30. The quantitative estimate of drug-likeness (QED) is 0.869. The van der Waals surface area contributed by atoms with Gasteiger partial charge in [-0.15, -0.1) is 6.42 Å². The number of nitrogens with two attached hydrogens (primary N) is 1. The summed E-state index contributed by atoms with van der Waals surface area (Å²) in [6.07, 6.45) is 7.55. The van der Waals surface area contributed by atoms with Crippen molar-refractivity contribution in [3.05, 3.63) is 34.9 Å². The molecule has 0 spiro atoms. The van der Waals surface area contributed by atoms with Gasteiger partial charge in [0.05, 0.1) is 0 Å². The number of carbonyl (C=O) groups excluding carboxylic acids is 1. The predicted molar refractivity (Wildman–Crippen MR) is 82.7 cm³/mol. The topological polar surface area (TPSA) is 55.6 Å². The van der Waals surface area contributed by atoms with Crippen molar-refractivity contribution >= 4 is 6.09 Å². The Morgan fingerprint density at radius 2 is 2.38 bits per heavy atom. The van der Waals surface area contributed by atoms with Crippen LogP contribution in [0.5, 0.6) is 0 Å². The Balaban J connectivity index is 2.20. The minimum absolute atomic E-state index is 0.0980. The summed E-state index contributed by atoms with van der Waals surface area (Å²) in [6.45, 7) is 2.46. The zero-order valence-electron chi connectivity index (χ0n) is 12.6. The first kappa shape index (κ1) is 15.4. The van der Waals surface area contributed by atoms with Crippen LogP contribution in [-0.2, 0) is 11.2 Å². The van der Waals surface area contributed by atoms with Gasteiger partial charge in [-0.05, 0) is 37.3 Å². The lowest BCUT2D eigenvalue weighted by Gasteiger charge is -2.24. The van der Waals surface area contributed by atoms with E-state index in [4.69, 9.17) is 16.9 Å². The highest BCUT2D eigenvalue weighted by atomic mass is 16.6. The van der Waals surface area contributed by atoms with Gasteiger partial charge in [0, 0.05) is 25.2 Å². The molecule has 21 heavy (non-hydrogen) atoms. The van der Waals surface area contributed by atoms with Gasteiger partial charge in [0.2, 0.25) is 0 Å². The van der Waals surface area contributed by atoms with Gasteiger partial charge < -0.3 is 15.4 Å². The number of fused-ring (bicyclic) bond motifs is 1. The Labute approximate surface area is 126 Å². The molecule has 1 aliphatic rings. The highest BCUT2D eigenvalue weighted by molar-refractivity contribution is 5.68. The molecule has 0 bridgehead atoms. The normalized spacial score (nSPS) is 18.3. The van der Waals surface area contributed by atoms with Crippen LogP contribution >= 0.6 is 0 Å². The molecule has 4 nitrogen and oxygen atoms in total. The number of rotatable bonds is 3. The second kappa shape index (κ2) is 6.64. The number of carbonyl (C=O) groups is 1. The van der Waals surface area contributed by atoms with Gasteiger partial charge in [-0.25, -0.2) is 4.79 Å². The van der Waals surface area contributed by atoms with E-state index < -0.39 is 12.2 Å². The van der Waals surface area contributed by atoms with Gasteiger partial charge >= 0.3 is 6.09 Å². The molecule has 1 amide bonds. The molecule has 1 aliphatic carbocycles. The van der Waals surface area contributed by atoms with Crippen molar-refractivity contribution in [1.29, 1.82) is 0 Å². The number of nitrogens with zero attached hydrogens (tertiary/aromatic N) is 1. The Kier molecular flexibility index (Phi) is 4.87. The van der Waals surface area contributed by atoms with Crippen LogP contribution in [0.2, 0.25) is 0 Å². The summed E-state index contributed by atoms with van der Waals surface area (Å²) in [5.41, 5.74) is 9.34. The number of ether oxygens (including phenoxy) is 1. The fraction of sp³-hybridized carbons (Fsp3) is 0.471. The summed E-state index contributed by atoms with van der Waals surface area (Å²) in [5, 5.41) is 0. The molecule has 2 atom stereocenters. The molecular weight excluding hydrogens is 264 g/mol. The third kappa shape index (κ3) is 3.37. The number of terminal acetylenes is 1. The number of benzene rings is 1. The van der Waals surface area contributed by atoms with E-state index in [1.165, 1.54) is 16.0 Å². The molecular formula is C17H22N2O2. The second-order valence-corrected chi connectivity index (χ2v) is 5.40. The molecule has 1 aromatic rings. The van der Waals surface area contributed by atoms with Crippen molar-refractivity contribution < 1.29 is 9.53 Å². The maximum atomic E-state index is 11.8. The summed E-state index contributed by atoms with van der Waals surface area (Å²) in [4.78, 5) is 13.3. The summed E-state index contributed by atoms with van der Waals surface area (Å²) >= 11 is 0. The van der Waals surface area contributed by atoms with E-state index in [1.807, 2.05) is 25.1 Å². The van der Waals surface area contributed by atoms with Crippen LogP contribution in [0.4, 0.5) is 4.79 Å². The van der Waals surface area contributed by atoms with Gasteiger partial charge in [-0.2, -0.15) is 0 Å². The molecule has 2 rings (SSSR count). The van der Waals surface area contributed by atoms with E-state index >= 15 is 0 Å². The summed E-state index contributed by atoms with van der Waals surface area (Å²) in [7, 11) is 1.68. The van der Waals surface area contributed by atoms with Crippen molar-refractivity contribution in [2.75, 3.05) is 13.6 Å². The van der Waals surface area contributed by atoms with Gasteiger partial charge in [0.1, 0.15) is 0 Å². The lowest BCUT2D eigenvalue weighted by atomic mass is 9.86. The largest absolute Gasteiger partial charge is 0.428 e. The zero-order valence-corrected chi connectivity index (χ0v) is 12.6. The lowest BCUT2D eigenvalue weighted by molar-refractivity contribution is 0.0923. The van der Waals surface area contributed by atoms with Crippen molar-refractivity contribution in [1.82, 2.24) is 4.90 Å². The van der Waals surface area contributed by atoms with Crippen LogP contribution < -0.4 is 5.73 Å². The Morgan fingerprint density at radius 3 is 3.05 bits per heavy atom. The monoisotopic (exact) mass is 286 g/mol. The highest BCUT2D eigenvalue weighted by Gasteiger charge is 2.21. The molecule has 4 heteroatoms. The van der Waals surface area contributed by atoms with Gasteiger partial charge in [-0.1, -0.05) is 24.1 Å². The molecule has 2 unspecified atom stereocenters. The van der Waals surface area contributed by atoms with E-state index in [2.05, 4.69) is 5.92 Å². The second-order valence-electron chi connectivity index (χ2n) is 5.40. The van der Waals surface area contributed by atoms with E-state index in [-0.39, 0.29) is 6.04 Å². The molecule has 0 aliphatic heterocycles. The molecule has 0 radical (unpaired) electrons. The Bertz CT molecular complexity index is 562. The number of hydrogen-bond acceptors (Lipinski definition) is 3. The van der Waals surface area contributed by atoms with Crippen LogP contribution in [0.25, 0.3) is 0 Å². The first-order valence-electron chi connectivity index (χ1n) is 7.33. The van der Waals surface area contributed by atoms with Gasteiger partial charge in [-0.3, -0.25) is 0 Å². The number of amides is 1. The van der Waals surface area contributed by atoms with Crippen LogP contribution in [0.1, 0.15) is 48.6 Å². The summed E-state index contributed by atoms with van der Waals surface area (Å²) in [6, 6.07) is 6.04. The van der Waals surface area contributed by atoms with Crippen LogP contribution in [0, 0.1) is 12.3 Å². The fourth-order valence-electron chi connectivity index (χ4n) is 2.55. The lowest BCUT2D eigenvalue weighted by Crippen LogP contribution is -2.28. The van der Waals surface area contributed by atoms with Gasteiger partial charge in [0.15, 0.2) is 6.10 Å². The minimum Gasteiger partial charge on any atom is -0.428 e. The van der Waals surface area contributed by atoms with Crippen molar-refractivity contribution in [3.8, 4) is 12.3 Å². The average molecular weight is 286 g/mol. The smallest absolute Gasteiger partial charge is 0.411 e. The minimum atomic E-state index is -0.657. The summed E-state index contributed by atoms with van der Waals surface area (Å²) in [5.74, 6) is 2.55. The molecule has 0 saturated heterocycles. The first-order valence-corrected chi connectivity index (χ1v) is 7.33.